The molecule has 136 valence electrons. The number of carbonyl (C=O) groups excluding carboxylic acids is 2. The van der Waals surface area contributed by atoms with Crippen molar-refractivity contribution in [3.05, 3.63) is 76.5 Å². The Bertz CT molecular complexity index is 775. The van der Waals surface area contributed by atoms with Crippen LogP contribution in [0.15, 0.2) is 54.2 Å². The van der Waals surface area contributed by atoms with Crippen molar-refractivity contribution in [2.45, 2.75) is 33.6 Å². The molecule has 0 saturated carbocycles. The van der Waals surface area contributed by atoms with Gasteiger partial charge in [0.25, 0.3) is 11.8 Å². The first kappa shape index (κ1) is 19.4. The highest BCUT2D eigenvalue weighted by Gasteiger charge is 2.14. The fraction of sp³-hybridized carbons (Fsp3) is 0.273. The standard InChI is InChI=1S/C22H26N2O2/c1-4-5-14-23-22(26)20(15-18-10-6-16(2)7-11-18)24-21(25)19-12-8-17(3)9-13-19/h6-13,15H,4-5,14H2,1-3H3,(H,23,26)(H,24,25). The van der Waals surface area contributed by atoms with E-state index in [0.29, 0.717) is 12.1 Å². The van der Waals surface area contributed by atoms with Crippen LogP contribution in [0.2, 0.25) is 0 Å². The van der Waals surface area contributed by atoms with Crippen molar-refractivity contribution in [3.63, 3.8) is 0 Å². The zero-order valence-corrected chi connectivity index (χ0v) is 15.6. The molecule has 0 fully saturated rings. The van der Waals surface area contributed by atoms with E-state index in [-0.39, 0.29) is 17.5 Å². The SMILES string of the molecule is CCCCNC(=O)C(=Cc1ccc(C)cc1)NC(=O)c1ccc(C)cc1. The maximum atomic E-state index is 12.5. The molecular weight excluding hydrogens is 324 g/mol. The Balaban J connectivity index is 2.21. The lowest BCUT2D eigenvalue weighted by molar-refractivity contribution is -0.117. The smallest absolute Gasteiger partial charge is 0.267 e. The molecule has 0 aliphatic rings. The van der Waals surface area contributed by atoms with Gasteiger partial charge in [0.2, 0.25) is 0 Å². The second-order valence-electron chi connectivity index (χ2n) is 6.40. The summed E-state index contributed by atoms with van der Waals surface area (Å²) in [5.74, 6) is -0.575. The lowest BCUT2D eigenvalue weighted by atomic mass is 10.1. The van der Waals surface area contributed by atoms with Crippen molar-refractivity contribution in [2.75, 3.05) is 6.54 Å². The molecule has 4 nitrogen and oxygen atoms in total. The van der Waals surface area contributed by atoms with Gasteiger partial charge in [-0.05, 0) is 44.0 Å². The molecule has 0 spiro atoms. The largest absolute Gasteiger partial charge is 0.351 e. The van der Waals surface area contributed by atoms with Crippen LogP contribution in [0.5, 0.6) is 0 Å². The first-order valence-electron chi connectivity index (χ1n) is 8.94. The van der Waals surface area contributed by atoms with Crippen LogP contribution in [-0.4, -0.2) is 18.4 Å². The Kier molecular flexibility index (Phi) is 7.15. The highest BCUT2D eigenvalue weighted by Crippen LogP contribution is 2.09. The molecule has 0 radical (unpaired) electrons. The maximum absolute atomic E-state index is 12.5. The first-order chi connectivity index (χ1) is 12.5. The molecule has 0 aliphatic heterocycles. The Morgan fingerprint density at radius 1 is 0.923 bits per heavy atom. The molecule has 0 heterocycles. The second-order valence-corrected chi connectivity index (χ2v) is 6.40. The van der Waals surface area contributed by atoms with Crippen LogP contribution in [0.1, 0.15) is 46.8 Å². The zero-order valence-electron chi connectivity index (χ0n) is 15.6. The highest BCUT2D eigenvalue weighted by molar-refractivity contribution is 6.05. The van der Waals surface area contributed by atoms with Crippen LogP contribution in [0, 0.1) is 13.8 Å². The number of hydrogen-bond donors (Lipinski definition) is 2. The fourth-order valence-corrected chi connectivity index (χ4v) is 2.36. The second kappa shape index (κ2) is 9.56. The molecule has 2 aromatic rings. The molecule has 0 aromatic heterocycles. The lowest BCUT2D eigenvalue weighted by Gasteiger charge is -2.11. The summed E-state index contributed by atoms with van der Waals surface area (Å²) in [6, 6.07) is 15.0. The van der Waals surface area contributed by atoms with Gasteiger partial charge in [-0.2, -0.15) is 0 Å². The van der Waals surface area contributed by atoms with Crippen molar-refractivity contribution < 1.29 is 9.59 Å². The van der Waals surface area contributed by atoms with Gasteiger partial charge in [-0.1, -0.05) is 60.9 Å². The summed E-state index contributed by atoms with van der Waals surface area (Å²) in [7, 11) is 0. The summed E-state index contributed by atoms with van der Waals surface area (Å²) in [4.78, 5) is 25.0. The molecule has 2 rings (SSSR count). The fourth-order valence-electron chi connectivity index (χ4n) is 2.36. The van der Waals surface area contributed by atoms with Gasteiger partial charge in [-0.3, -0.25) is 9.59 Å². The number of hydrogen-bond acceptors (Lipinski definition) is 2. The lowest BCUT2D eigenvalue weighted by Crippen LogP contribution is -2.35. The average Bonchev–Trinajstić information content (AvgIpc) is 2.63. The van der Waals surface area contributed by atoms with Crippen molar-refractivity contribution in [1.82, 2.24) is 10.6 Å². The van der Waals surface area contributed by atoms with E-state index in [2.05, 4.69) is 17.6 Å². The Morgan fingerprint density at radius 2 is 1.50 bits per heavy atom. The first-order valence-corrected chi connectivity index (χ1v) is 8.94. The summed E-state index contributed by atoms with van der Waals surface area (Å²) >= 11 is 0. The minimum Gasteiger partial charge on any atom is -0.351 e. The van der Waals surface area contributed by atoms with E-state index < -0.39 is 0 Å². The molecule has 2 amide bonds. The monoisotopic (exact) mass is 350 g/mol. The number of unbranched alkanes of at least 4 members (excludes halogenated alkanes) is 1. The third-order valence-corrected chi connectivity index (χ3v) is 4.01. The number of carbonyl (C=O) groups is 2. The Morgan fingerprint density at radius 3 is 2.08 bits per heavy atom. The quantitative estimate of drug-likeness (QED) is 0.586. The van der Waals surface area contributed by atoms with E-state index in [1.54, 1.807) is 18.2 Å². The van der Waals surface area contributed by atoms with Gasteiger partial charge in [0, 0.05) is 12.1 Å². The van der Waals surface area contributed by atoms with Gasteiger partial charge in [0.15, 0.2) is 0 Å². The van der Waals surface area contributed by atoms with Crippen LogP contribution < -0.4 is 10.6 Å². The summed E-state index contributed by atoms with van der Waals surface area (Å²) in [5, 5.41) is 5.61. The molecule has 2 N–H and O–H groups in total. The maximum Gasteiger partial charge on any atom is 0.267 e. The topological polar surface area (TPSA) is 58.2 Å². The number of amides is 2. The molecule has 26 heavy (non-hydrogen) atoms. The summed E-state index contributed by atoms with van der Waals surface area (Å²) in [6.07, 6.45) is 3.59. The van der Waals surface area contributed by atoms with Crippen LogP contribution in [0.4, 0.5) is 0 Å². The van der Waals surface area contributed by atoms with Crippen LogP contribution >= 0.6 is 0 Å². The molecule has 0 aliphatic carbocycles. The van der Waals surface area contributed by atoms with E-state index in [0.717, 1.165) is 29.5 Å². The zero-order chi connectivity index (χ0) is 18.9. The summed E-state index contributed by atoms with van der Waals surface area (Å²) in [5.41, 5.74) is 3.84. The van der Waals surface area contributed by atoms with Crippen molar-refractivity contribution in [1.29, 1.82) is 0 Å². The van der Waals surface area contributed by atoms with Crippen LogP contribution in [0.25, 0.3) is 6.08 Å². The van der Waals surface area contributed by atoms with Gasteiger partial charge < -0.3 is 10.6 Å². The van der Waals surface area contributed by atoms with Crippen LogP contribution in [0.3, 0.4) is 0 Å². The molecule has 0 saturated heterocycles. The molecule has 4 heteroatoms. The molecule has 0 atom stereocenters. The van der Waals surface area contributed by atoms with E-state index in [4.69, 9.17) is 0 Å². The predicted molar refractivity (Wildman–Crippen MR) is 106 cm³/mol. The number of benzene rings is 2. The number of rotatable bonds is 7. The van der Waals surface area contributed by atoms with Crippen LogP contribution in [-0.2, 0) is 4.79 Å². The van der Waals surface area contributed by atoms with E-state index in [1.165, 1.54) is 0 Å². The number of nitrogens with one attached hydrogen (secondary N) is 2. The van der Waals surface area contributed by atoms with Crippen molar-refractivity contribution >= 4 is 17.9 Å². The third-order valence-electron chi connectivity index (χ3n) is 4.01. The highest BCUT2D eigenvalue weighted by atomic mass is 16.2. The minimum absolute atomic E-state index is 0.246. The normalized spacial score (nSPS) is 11.1. The summed E-state index contributed by atoms with van der Waals surface area (Å²) in [6.45, 7) is 6.62. The van der Waals surface area contributed by atoms with E-state index in [1.807, 2.05) is 50.2 Å². The molecule has 0 bridgehead atoms. The predicted octanol–water partition coefficient (Wildman–Crippen LogP) is 3.99. The minimum atomic E-state index is -0.297. The average molecular weight is 350 g/mol. The van der Waals surface area contributed by atoms with E-state index in [9.17, 15) is 9.59 Å². The molecule has 2 aromatic carbocycles. The van der Waals surface area contributed by atoms with Gasteiger partial charge in [0.05, 0.1) is 0 Å². The van der Waals surface area contributed by atoms with E-state index >= 15 is 0 Å². The molecular formula is C22H26N2O2. The van der Waals surface area contributed by atoms with Gasteiger partial charge in [-0.25, -0.2) is 0 Å². The Labute approximate surface area is 155 Å². The van der Waals surface area contributed by atoms with Crippen molar-refractivity contribution in [3.8, 4) is 0 Å². The van der Waals surface area contributed by atoms with Gasteiger partial charge in [-0.15, -0.1) is 0 Å². The van der Waals surface area contributed by atoms with Crippen molar-refractivity contribution in [2.24, 2.45) is 0 Å². The Hall–Kier alpha value is -2.88. The molecule has 0 unspecified atom stereocenters. The van der Waals surface area contributed by atoms with Gasteiger partial charge in [0.1, 0.15) is 5.70 Å². The number of aryl methyl sites for hydroxylation is 2. The third kappa shape index (κ3) is 5.88. The summed E-state index contributed by atoms with van der Waals surface area (Å²) < 4.78 is 0. The van der Waals surface area contributed by atoms with Gasteiger partial charge >= 0.3 is 0 Å².